The molecule has 0 unspecified atom stereocenters. The first-order chi connectivity index (χ1) is 10.1. The molecule has 1 N–H and O–H groups in total. The van der Waals surface area contributed by atoms with Gasteiger partial charge in [0.1, 0.15) is 0 Å². The first-order valence-corrected chi connectivity index (χ1v) is 8.28. The lowest BCUT2D eigenvalue weighted by atomic mass is 10.2. The Balaban J connectivity index is 2.23. The molecule has 21 heavy (non-hydrogen) atoms. The Hall–Kier alpha value is -1.84. The summed E-state index contributed by atoms with van der Waals surface area (Å²) in [5.74, 6) is 4.46. The number of nitrogens with zero attached hydrogens (tertiary/aromatic N) is 1. The molecular formula is C15H18N2O3S. The van der Waals surface area contributed by atoms with Crippen LogP contribution in [0.1, 0.15) is 25.3 Å². The van der Waals surface area contributed by atoms with Gasteiger partial charge in [-0.05, 0) is 37.3 Å². The van der Waals surface area contributed by atoms with Crippen LogP contribution in [0.2, 0.25) is 0 Å². The molecule has 0 radical (unpaired) electrons. The van der Waals surface area contributed by atoms with Crippen molar-refractivity contribution in [3.05, 3.63) is 29.8 Å². The summed E-state index contributed by atoms with van der Waals surface area (Å²) in [5.41, 5.74) is 0.579. The van der Waals surface area contributed by atoms with E-state index in [9.17, 15) is 13.2 Å². The second-order valence-corrected chi connectivity index (χ2v) is 6.68. The van der Waals surface area contributed by atoms with Gasteiger partial charge >= 0.3 is 0 Å². The van der Waals surface area contributed by atoms with Gasteiger partial charge in [0.2, 0.25) is 10.0 Å². The molecule has 0 atom stereocenters. The Morgan fingerprint density at radius 1 is 1.29 bits per heavy atom. The molecule has 6 heteroatoms. The van der Waals surface area contributed by atoms with E-state index in [0.29, 0.717) is 18.7 Å². The Morgan fingerprint density at radius 3 is 2.62 bits per heavy atom. The van der Waals surface area contributed by atoms with Crippen LogP contribution in [-0.2, 0) is 21.4 Å². The number of hydrogen-bond acceptors (Lipinski definition) is 3. The van der Waals surface area contributed by atoms with Gasteiger partial charge in [0, 0.05) is 19.6 Å². The zero-order valence-corrected chi connectivity index (χ0v) is 12.7. The van der Waals surface area contributed by atoms with E-state index in [1.54, 1.807) is 31.2 Å². The van der Waals surface area contributed by atoms with Crippen molar-refractivity contribution in [3.8, 4) is 11.8 Å². The molecule has 2 rings (SSSR count). The molecule has 0 spiro atoms. The van der Waals surface area contributed by atoms with Gasteiger partial charge < -0.3 is 5.32 Å². The van der Waals surface area contributed by atoms with Gasteiger partial charge in [0.15, 0.2) is 0 Å². The zero-order chi connectivity index (χ0) is 15.3. The molecule has 1 heterocycles. The lowest BCUT2D eigenvalue weighted by Crippen LogP contribution is -2.30. The van der Waals surface area contributed by atoms with E-state index in [4.69, 9.17) is 0 Å². The van der Waals surface area contributed by atoms with Crippen molar-refractivity contribution in [2.24, 2.45) is 0 Å². The second-order valence-electron chi connectivity index (χ2n) is 4.78. The van der Waals surface area contributed by atoms with Gasteiger partial charge in [-0.3, -0.25) is 4.79 Å². The highest BCUT2D eigenvalue weighted by Gasteiger charge is 2.28. The molecule has 1 saturated heterocycles. The molecular weight excluding hydrogens is 288 g/mol. The highest BCUT2D eigenvalue weighted by atomic mass is 32.2. The highest BCUT2D eigenvalue weighted by Crippen LogP contribution is 2.23. The van der Waals surface area contributed by atoms with E-state index in [2.05, 4.69) is 17.2 Å². The monoisotopic (exact) mass is 306 g/mol. The van der Waals surface area contributed by atoms with Crippen LogP contribution in [-0.4, -0.2) is 31.7 Å². The lowest BCUT2D eigenvalue weighted by molar-refractivity contribution is -0.115. The third-order valence-corrected chi connectivity index (χ3v) is 5.33. The van der Waals surface area contributed by atoms with Gasteiger partial charge in [-0.2, -0.15) is 4.31 Å². The molecule has 1 aliphatic heterocycles. The van der Waals surface area contributed by atoms with Gasteiger partial charge in [-0.1, -0.05) is 24.1 Å². The predicted octanol–water partition coefficient (Wildman–Crippen LogP) is 1.11. The molecule has 112 valence electrons. The smallest absolute Gasteiger partial charge is 0.296 e. The molecule has 0 bridgehead atoms. The van der Waals surface area contributed by atoms with Crippen LogP contribution in [0, 0.1) is 11.8 Å². The van der Waals surface area contributed by atoms with Crippen molar-refractivity contribution >= 4 is 15.9 Å². The van der Waals surface area contributed by atoms with E-state index >= 15 is 0 Å². The summed E-state index contributed by atoms with van der Waals surface area (Å²) in [6, 6.07) is 6.75. The maximum atomic E-state index is 12.6. The first kappa shape index (κ1) is 15.5. The Labute approximate surface area is 125 Å². The number of amides is 1. The van der Waals surface area contributed by atoms with Gasteiger partial charge in [0.05, 0.1) is 4.90 Å². The minimum Gasteiger partial charge on any atom is -0.341 e. The molecule has 1 aromatic rings. The molecule has 1 amide bonds. The largest absolute Gasteiger partial charge is 0.341 e. The second kappa shape index (κ2) is 6.74. The Bertz CT molecular complexity index is 680. The molecule has 1 fully saturated rings. The van der Waals surface area contributed by atoms with E-state index in [1.165, 1.54) is 4.31 Å². The third kappa shape index (κ3) is 3.63. The molecule has 5 nitrogen and oxygen atoms in total. The number of benzene rings is 1. The number of nitrogens with one attached hydrogen (secondary N) is 1. The Kier molecular flexibility index (Phi) is 4.99. The normalized spacial score (nSPS) is 15.3. The fraction of sp³-hybridized carbons (Fsp3) is 0.400. The summed E-state index contributed by atoms with van der Waals surface area (Å²) in [6.45, 7) is 2.84. The molecule has 0 aromatic heterocycles. The maximum absolute atomic E-state index is 12.6. The predicted molar refractivity (Wildman–Crippen MR) is 79.7 cm³/mol. The summed E-state index contributed by atoms with van der Waals surface area (Å²) in [4.78, 5) is 11.6. The van der Waals surface area contributed by atoms with Gasteiger partial charge in [-0.15, -0.1) is 0 Å². The molecule has 0 saturated carbocycles. The summed E-state index contributed by atoms with van der Waals surface area (Å²) >= 11 is 0. The fourth-order valence-electron chi connectivity index (χ4n) is 2.30. The van der Waals surface area contributed by atoms with Crippen LogP contribution in [0.25, 0.3) is 0 Å². The van der Waals surface area contributed by atoms with E-state index in [1.807, 2.05) is 0 Å². The quantitative estimate of drug-likeness (QED) is 0.848. The average Bonchev–Trinajstić information content (AvgIpc) is 3.01. The Morgan fingerprint density at radius 2 is 1.95 bits per heavy atom. The lowest BCUT2D eigenvalue weighted by Gasteiger charge is -2.18. The molecule has 1 aliphatic rings. The minimum absolute atomic E-state index is 0.150. The topological polar surface area (TPSA) is 66.5 Å². The van der Waals surface area contributed by atoms with Crippen molar-refractivity contribution in [1.82, 2.24) is 9.62 Å². The number of rotatable bonds is 4. The van der Waals surface area contributed by atoms with E-state index in [-0.39, 0.29) is 11.4 Å². The number of carbonyl (C=O) groups is 1. The van der Waals surface area contributed by atoms with E-state index < -0.39 is 15.9 Å². The fourth-order valence-corrected chi connectivity index (χ4v) is 4.04. The van der Waals surface area contributed by atoms with Gasteiger partial charge in [0.25, 0.3) is 5.91 Å². The summed E-state index contributed by atoms with van der Waals surface area (Å²) in [7, 11) is -3.48. The number of hydrogen-bond donors (Lipinski definition) is 1. The van der Waals surface area contributed by atoms with Crippen molar-refractivity contribution in [2.45, 2.75) is 31.2 Å². The number of sulfonamides is 1. The standard InChI is InChI=1S/C15H18N2O3S/c1-2-7-15(18)16-12-13-8-3-4-9-14(13)21(19,20)17-10-5-6-11-17/h3-4,8-9H,5-6,10-12H2,1H3,(H,16,18). The van der Waals surface area contributed by atoms with Crippen LogP contribution in [0.4, 0.5) is 0 Å². The molecule has 1 aromatic carbocycles. The summed E-state index contributed by atoms with van der Waals surface area (Å²) in [5, 5.41) is 2.61. The number of carbonyl (C=O) groups excluding carboxylic acids is 1. The van der Waals surface area contributed by atoms with Crippen molar-refractivity contribution in [2.75, 3.05) is 13.1 Å². The maximum Gasteiger partial charge on any atom is 0.296 e. The van der Waals surface area contributed by atoms with E-state index in [0.717, 1.165) is 12.8 Å². The third-order valence-electron chi connectivity index (χ3n) is 3.33. The molecule has 0 aliphatic carbocycles. The minimum atomic E-state index is -3.48. The van der Waals surface area contributed by atoms with Crippen LogP contribution >= 0.6 is 0 Å². The van der Waals surface area contributed by atoms with Crippen LogP contribution < -0.4 is 5.32 Å². The van der Waals surface area contributed by atoms with Gasteiger partial charge in [-0.25, -0.2) is 8.42 Å². The average molecular weight is 306 g/mol. The van der Waals surface area contributed by atoms with Crippen LogP contribution in [0.5, 0.6) is 0 Å². The summed E-state index contributed by atoms with van der Waals surface area (Å²) < 4.78 is 26.7. The van der Waals surface area contributed by atoms with Crippen LogP contribution in [0.15, 0.2) is 29.2 Å². The SMILES string of the molecule is CC#CC(=O)NCc1ccccc1S(=O)(=O)N1CCCC1. The first-order valence-electron chi connectivity index (χ1n) is 6.84. The zero-order valence-electron chi connectivity index (χ0n) is 11.9. The van der Waals surface area contributed by atoms with Crippen molar-refractivity contribution < 1.29 is 13.2 Å². The summed E-state index contributed by atoms with van der Waals surface area (Å²) in [6.07, 6.45) is 1.79. The highest BCUT2D eigenvalue weighted by molar-refractivity contribution is 7.89. The van der Waals surface area contributed by atoms with Crippen LogP contribution in [0.3, 0.4) is 0 Å². The van der Waals surface area contributed by atoms with Crippen molar-refractivity contribution in [1.29, 1.82) is 0 Å². The van der Waals surface area contributed by atoms with Crippen molar-refractivity contribution in [3.63, 3.8) is 0 Å².